The van der Waals surface area contributed by atoms with Crippen molar-refractivity contribution in [3.63, 3.8) is 0 Å². The van der Waals surface area contributed by atoms with Gasteiger partial charge in [-0.2, -0.15) is 0 Å². The normalized spacial score (nSPS) is 17.4. The molecule has 1 aliphatic rings. The van der Waals surface area contributed by atoms with Crippen LogP contribution < -0.4 is 10.2 Å². The Morgan fingerprint density at radius 1 is 1.08 bits per heavy atom. The first-order valence-electron chi connectivity index (χ1n) is 12.7. The summed E-state index contributed by atoms with van der Waals surface area (Å²) < 4.78 is 11.9. The van der Waals surface area contributed by atoms with Crippen molar-refractivity contribution < 1.29 is 18.8 Å². The molecule has 2 atom stereocenters. The van der Waals surface area contributed by atoms with Gasteiger partial charge in [0.2, 0.25) is 0 Å². The molecule has 0 saturated heterocycles. The fourth-order valence-electron chi connectivity index (χ4n) is 4.01. The highest BCUT2D eigenvalue weighted by Crippen LogP contribution is 2.39. The summed E-state index contributed by atoms with van der Waals surface area (Å²) in [4.78, 5) is 28.1. The molecule has 0 aromatic heterocycles. The summed E-state index contributed by atoms with van der Waals surface area (Å²) in [7, 11) is -1.92. The number of carbonyl (C=O) groups excluding carboxylic acids is 2. The largest absolute Gasteiger partial charge is 0.444 e. The van der Waals surface area contributed by atoms with E-state index in [9.17, 15) is 9.59 Å². The van der Waals surface area contributed by atoms with Crippen molar-refractivity contribution in [3.05, 3.63) is 65.2 Å². The number of nitrogens with one attached hydrogen (secondary N) is 1. The van der Waals surface area contributed by atoms with Gasteiger partial charge in [-0.15, -0.1) is 0 Å². The maximum Gasteiger partial charge on any atom is 0.408 e. The minimum absolute atomic E-state index is 0.117. The van der Waals surface area contributed by atoms with E-state index in [0.717, 1.165) is 22.4 Å². The highest BCUT2D eigenvalue weighted by molar-refractivity contribution is 6.74. The van der Waals surface area contributed by atoms with Gasteiger partial charge in [0.05, 0.1) is 12.6 Å². The molecular weight excluding hydrogens is 468 g/mol. The molecular formula is C29H42N2O4Si. The predicted octanol–water partition coefficient (Wildman–Crippen LogP) is 6.75. The van der Waals surface area contributed by atoms with Crippen LogP contribution in [0.1, 0.15) is 71.2 Å². The first-order valence-corrected chi connectivity index (χ1v) is 15.6. The van der Waals surface area contributed by atoms with Crippen LogP contribution in [0.4, 0.5) is 10.5 Å². The van der Waals surface area contributed by atoms with Crippen molar-refractivity contribution in [1.29, 1.82) is 0 Å². The summed E-state index contributed by atoms with van der Waals surface area (Å²) in [5.74, 6) is -0.146. The number of fused-ring (bicyclic) bond motifs is 1. The van der Waals surface area contributed by atoms with Gasteiger partial charge in [-0.25, -0.2) is 4.79 Å². The molecule has 1 heterocycles. The molecule has 36 heavy (non-hydrogen) atoms. The van der Waals surface area contributed by atoms with Crippen molar-refractivity contribution in [3.8, 4) is 0 Å². The highest BCUT2D eigenvalue weighted by Gasteiger charge is 2.39. The quantitative estimate of drug-likeness (QED) is 0.436. The number of hydrogen-bond acceptors (Lipinski definition) is 4. The fraction of sp³-hybridized carbons (Fsp3) is 0.517. The van der Waals surface area contributed by atoms with E-state index in [-0.39, 0.29) is 17.0 Å². The van der Waals surface area contributed by atoms with Gasteiger partial charge in [-0.3, -0.25) is 4.79 Å². The molecule has 7 heteroatoms. The monoisotopic (exact) mass is 510 g/mol. The number of hydrogen-bond donors (Lipinski definition) is 1. The standard InChI is InChI=1S/C29H42N2O4Si/c1-20(22-13-11-10-12-14-22)31-25-17-21(19-34-36(8,9)29(5,6)7)15-16-23(25)18-24(26(31)32)30-27(33)35-28(2,3)4/h10-17,20,24H,18-19H2,1-9H3,(H,30,33)/t20-,24+/m0/s1. The van der Waals surface area contributed by atoms with E-state index in [1.165, 1.54) is 0 Å². The van der Waals surface area contributed by atoms with Crippen LogP contribution in [0, 0.1) is 0 Å². The lowest BCUT2D eigenvalue weighted by Gasteiger charge is -2.39. The molecule has 0 saturated carbocycles. The number of alkyl carbamates (subject to hydrolysis) is 1. The van der Waals surface area contributed by atoms with Crippen molar-refractivity contribution in [2.24, 2.45) is 0 Å². The number of nitrogens with zero attached hydrogens (tertiary/aromatic N) is 1. The summed E-state index contributed by atoms with van der Waals surface area (Å²) in [5, 5.41) is 2.92. The highest BCUT2D eigenvalue weighted by atomic mass is 28.4. The average Bonchev–Trinajstić information content (AvgIpc) is 2.76. The van der Waals surface area contributed by atoms with Gasteiger partial charge >= 0.3 is 6.09 Å². The van der Waals surface area contributed by atoms with Crippen molar-refractivity contribution in [1.82, 2.24) is 5.32 Å². The van der Waals surface area contributed by atoms with Crippen molar-refractivity contribution >= 4 is 26.0 Å². The Morgan fingerprint density at radius 3 is 2.31 bits per heavy atom. The molecule has 1 N–H and O–H groups in total. The first-order chi connectivity index (χ1) is 16.6. The van der Waals surface area contributed by atoms with E-state index < -0.39 is 26.1 Å². The van der Waals surface area contributed by atoms with Crippen LogP contribution in [0.25, 0.3) is 0 Å². The summed E-state index contributed by atoms with van der Waals surface area (Å²) in [6.45, 7) is 19.1. The van der Waals surface area contributed by atoms with Gasteiger partial charge in [0.1, 0.15) is 11.6 Å². The van der Waals surface area contributed by atoms with Crippen LogP contribution in [-0.2, 0) is 27.0 Å². The second-order valence-corrected chi connectivity index (χ2v) is 17.0. The molecule has 196 valence electrons. The Labute approximate surface area is 217 Å². The van der Waals surface area contributed by atoms with Crippen molar-refractivity contribution in [2.75, 3.05) is 4.90 Å². The van der Waals surface area contributed by atoms with E-state index in [2.05, 4.69) is 57.4 Å². The maximum absolute atomic E-state index is 13.8. The minimum Gasteiger partial charge on any atom is -0.444 e. The van der Waals surface area contributed by atoms with Gasteiger partial charge in [0.25, 0.3) is 5.91 Å². The molecule has 0 radical (unpaired) electrons. The maximum atomic E-state index is 13.8. The lowest BCUT2D eigenvalue weighted by Crippen LogP contribution is -2.54. The third-order valence-corrected chi connectivity index (χ3v) is 11.6. The van der Waals surface area contributed by atoms with Gasteiger partial charge in [0.15, 0.2) is 8.32 Å². The second kappa shape index (κ2) is 10.4. The van der Waals surface area contributed by atoms with E-state index in [4.69, 9.17) is 9.16 Å². The smallest absolute Gasteiger partial charge is 0.408 e. The molecule has 2 aromatic carbocycles. The average molecular weight is 511 g/mol. The SMILES string of the molecule is C[C@@H](c1ccccc1)N1C(=O)[C@H](NC(=O)OC(C)(C)C)Cc2ccc(CO[Si](C)(C)C(C)(C)C)cc21. The fourth-order valence-corrected chi connectivity index (χ4v) is 4.97. The number of carbonyl (C=O) groups is 2. The Kier molecular flexibility index (Phi) is 8.06. The van der Waals surface area contributed by atoms with E-state index in [1.54, 1.807) is 0 Å². The Balaban J connectivity index is 1.94. The topological polar surface area (TPSA) is 67.9 Å². The molecule has 6 nitrogen and oxygen atoms in total. The van der Waals surface area contributed by atoms with E-state index >= 15 is 0 Å². The van der Waals surface area contributed by atoms with Crippen LogP contribution in [0.2, 0.25) is 18.1 Å². The molecule has 3 rings (SSSR count). The van der Waals surface area contributed by atoms with Gasteiger partial charge in [-0.1, -0.05) is 63.2 Å². The molecule has 0 fully saturated rings. The first kappa shape index (κ1) is 27.9. The molecule has 0 aliphatic carbocycles. The minimum atomic E-state index is -1.92. The van der Waals surface area contributed by atoms with Crippen LogP contribution in [0.5, 0.6) is 0 Å². The van der Waals surface area contributed by atoms with Gasteiger partial charge < -0.3 is 19.4 Å². The Morgan fingerprint density at radius 2 is 1.72 bits per heavy atom. The van der Waals surface area contributed by atoms with Crippen LogP contribution in [-0.4, -0.2) is 32.0 Å². The molecule has 0 bridgehead atoms. The summed E-state index contributed by atoms with van der Waals surface area (Å²) >= 11 is 0. The lowest BCUT2D eigenvalue weighted by molar-refractivity contribution is -0.121. The Bertz CT molecular complexity index is 1090. The molecule has 2 aromatic rings. The number of amides is 2. The van der Waals surface area contributed by atoms with Crippen molar-refractivity contribution in [2.45, 2.75) is 97.3 Å². The van der Waals surface area contributed by atoms with Gasteiger partial charge in [-0.05, 0) is 68.6 Å². The molecule has 2 amide bonds. The number of ether oxygens (including phenoxy) is 1. The summed E-state index contributed by atoms with van der Waals surface area (Å²) in [5.41, 5.74) is 3.30. The Hall–Kier alpha value is -2.64. The zero-order valence-electron chi connectivity index (χ0n) is 23.3. The lowest BCUT2D eigenvalue weighted by atomic mass is 9.93. The van der Waals surface area contributed by atoms with Crippen LogP contribution in [0.3, 0.4) is 0 Å². The zero-order chi connectivity index (χ0) is 26.9. The number of benzene rings is 2. The molecule has 0 spiro atoms. The number of anilines is 1. The third-order valence-electron chi connectivity index (χ3n) is 7.13. The zero-order valence-corrected chi connectivity index (χ0v) is 24.3. The summed E-state index contributed by atoms with van der Waals surface area (Å²) in [6, 6.07) is 15.2. The number of rotatable bonds is 6. The van der Waals surface area contributed by atoms with E-state index in [0.29, 0.717) is 13.0 Å². The second-order valence-electron chi connectivity index (χ2n) is 12.2. The third kappa shape index (κ3) is 6.56. The summed E-state index contributed by atoms with van der Waals surface area (Å²) in [6.07, 6.45) is -0.176. The van der Waals surface area contributed by atoms with Crippen LogP contribution >= 0.6 is 0 Å². The van der Waals surface area contributed by atoms with Crippen LogP contribution in [0.15, 0.2) is 48.5 Å². The van der Waals surface area contributed by atoms with E-state index in [1.807, 2.05) is 62.9 Å². The molecule has 0 unspecified atom stereocenters. The predicted molar refractivity (Wildman–Crippen MR) is 148 cm³/mol. The molecule has 1 aliphatic heterocycles. The van der Waals surface area contributed by atoms with Gasteiger partial charge in [0, 0.05) is 12.1 Å².